The van der Waals surface area contributed by atoms with Gasteiger partial charge in [0.2, 0.25) is 0 Å². The Morgan fingerprint density at radius 3 is 2.46 bits per heavy atom. The summed E-state index contributed by atoms with van der Waals surface area (Å²) in [6.45, 7) is 3.26. The highest BCUT2D eigenvalue weighted by Crippen LogP contribution is 2.18. The Kier molecular flexibility index (Phi) is 7.11. The number of nitrogens with one attached hydrogen (secondary N) is 2. The number of halogens is 1. The fraction of sp³-hybridized carbons (Fsp3) is 0.263. The number of rotatable bonds is 8. The Labute approximate surface area is 163 Å². The second-order valence-corrected chi connectivity index (χ2v) is 7.78. The van der Waals surface area contributed by atoms with E-state index < -0.39 is 34.3 Å². The molecule has 0 aromatic heterocycles. The van der Waals surface area contributed by atoms with Crippen LogP contribution in [0.15, 0.2) is 53.4 Å². The van der Waals surface area contributed by atoms with Crippen LogP contribution in [0.3, 0.4) is 0 Å². The molecule has 0 aliphatic rings. The summed E-state index contributed by atoms with van der Waals surface area (Å²) in [5.74, 6) is -1.76. The van der Waals surface area contributed by atoms with Gasteiger partial charge in [0.05, 0.1) is 10.5 Å². The molecule has 0 aliphatic carbocycles. The minimum absolute atomic E-state index is 0.0154. The van der Waals surface area contributed by atoms with Crippen LogP contribution in [0.2, 0.25) is 0 Å². The highest BCUT2D eigenvalue weighted by Gasteiger charge is 2.18. The summed E-state index contributed by atoms with van der Waals surface area (Å²) < 4.78 is 45.1. The minimum Gasteiger partial charge on any atom is -0.452 e. The van der Waals surface area contributed by atoms with Crippen LogP contribution in [0, 0.1) is 5.82 Å². The van der Waals surface area contributed by atoms with Gasteiger partial charge in [-0.2, -0.15) is 0 Å². The van der Waals surface area contributed by atoms with Crippen molar-refractivity contribution in [3.63, 3.8) is 0 Å². The smallest absolute Gasteiger partial charge is 0.338 e. The van der Waals surface area contributed by atoms with E-state index >= 15 is 0 Å². The molecule has 1 amide bonds. The molecule has 2 aromatic rings. The van der Waals surface area contributed by atoms with Crippen LogP contribution in [0.5, 0.6) is 0 Å². The summed E-state index contributed by atoms with van der Waals surface area (Å²) in [4.78, 5) is 23.6. The fourth-order valence-electron chi connectivity index (χ4n) is 2.16. The summed E-state index contributed by atoms with van der Waals surface area (Å²) in [6, 6.07) is 9.96. The molecule has 7 nitrogen and oxygen atoms in total. The maximum Gasteiger partial charge on any atom is 0.338 e. The van der Waals surface area contributed by atoms with Gasteiger partial charge in [-0.25, -0.2) is 17.6 Å². The third kappa shape index (κ3) is 6.05. The van der Waals surface area contributed by atoms with Gasteiger partial charge in [-0.3, -0.25) is 9.52 Å². The molecule has 2 rings (SSSR count). The van der Waals surface area contributed by atoms with Gasteiger partial charge < -0.3 is 10.1 Å². The Morgan fingerprint density at radius 2 is 1.82 bits per heavy atom. The molecule has 150 valence electrons. The zero-order chi connectivity index (χ0) is 20.7. The lowest BCUT2D eigenvalue weighted by molar-refractivity contribution is -0.124. The summed E-state index contributed by atoms with van der Waals surface area (Å²) in [5, 5.41) is 2.65. The molecule has 28 heavy (non-hydrogen) atoms. The summed E-state index contributed by atoms with van der Waals surface area (Å²) >= 11 is 0. The van der Waals surface area contributed by atoms with E-state index in [-0.39, 0.29) is 22.2 Å². The molecule has 1 atom stereocenters. The number of benzene rings is 2. The molecule has 2 aromatic carbocycles. The van der Waals surface area contributed by atoms with Crippen LogP contribution in [0.25, 0.3) is 0 Å². The van der Waals surface area contributed by atoms with E-state index in [1.165, 1.54) is 30.3 Å². The Morgan fingerprint density at radius 1 is 1.14 bits per heavy atom. The van der Waals surface area contributed by atoms with Crippen LogP contribution in [-0.4, -0.2) is 32.9 Å². The summed E-state index contributed by atoms with van der Waals surface area (Å²) in [7, 11) is -3.99. The molecule has 9 heteroatoms. The topological polar surface area (TPSA) is 102 Å². The predicted octanol–water partition coefficient (Wildman–Crippen LogP) is 2.70. The second-order valence-electron chi connectivity index (χ2n) is 6.09. The molecule has 2 N–H and O–H groups in total. The number of carbonyl (C=O) groups excluding carboxylic acids is 2. The molecule has 0 saturated heterocycles. The number of hydrogen-bond donors (Lipinski definition) is 2. The number of hydrogen-bond acceptors (Lipinski definition) is 5. The second kappa shape index (κ2) is 9.32. The van der Waals surface area contributed by atoms with Gasteiger partial charge in [0.25, 0.3) is 15.9 Å². The average Bonchev–Trinajstić information content (AvgIpc) is 2.67. The lowest BCUT2D eigenvalue weighted by Crippen LogP contribution is -2.35. The van der Waals surface area contributed by atoms with E-state index in [0.29, 0.717) is 0 Å². The first-order valence-corrected chi connectivity index (χ1v) is 10.0. The van der Waals surface area contributed by atoms with Crippen molar-refractivity contribution < 1.29 is 27.1 Å². The molecule has 0 radical (unpaired) electrons. The van der Waals surface area contributed by atoms with Crippen LogP contribution in [0.1, 0.15) is 30.6 Å². The maximum atomic E-state index is 12.9. The van der Waals surface area contributed by atoms with Gasteiger partial charge in [-0.1, -0.05) is 13.0 Å². The number of esters is 1. The standard InChI is InChI=1S/C19H21FN2O5S/c1-3-13(2)21-18(23)12-27-19(24)14-5-4-6-17(11-14)28(25,26)22-16-9-7-15(20)8-10-16/h4-11,13,22H,3,12H2,1-2H3,(H,21,23)/t13-/m1/s1. The van der Waals surface area contributed by atoms with Crippen molar-refractivity contribution in [3.8, 4) is 0 Å². The quantitative estimate of drug-likeness (QED) is 0.654. The zero-order valence-corrected chi connectivity index (χ0v) is 16.3. The van der Waals surface area contributed by atoms with Crippen LogP contribution >= 0.6 is 0 Å². The fourth-order valence-corrected chi connectivity index (χ4v) is 3.26. The van der Waals surface area contributed by atoms with E-state index in [4.69, 9.17) is 4.74 Å². The van der Waals surface area contributed by atoms with E-state index in [1.807, 2.05) is 13.8 Å². The van der Waals surface area contributed by atoms with Crippen molar-refractivity contribution in [1.29, 1.82) is 0 Å². The molecule has 0 fully saturated rings. The Bertz CT molecular complexity index is 945. The van der Waals surface area contributed by atoms with E-state index in [1.54, 1.807) is 0 Å². The van der Waals surface area contributed by atoms with Gasteiger partial charge in [0.15, 0.2) is 6.61 Å². The average molecular weight is 408 g/mol. The number of sulfonamides is 1. The monoisotopic (exact) mass is 408 g/mol. The van der Waals surface area contributed by atoms with Crippen molar-refractivity contribution in [2.24, 2.45) is 0 Å². The SMILES string of the molecule is CC[C@@H](C)NC(=O)COC(=O)c1cccc(S(=O)(=O)Nc2ccc(F)cc2)c1. The molecule has 0 spiro atoms. The highest BCUT2D eigenvalue weighted by atomic mass is 32.2. The molecule has 0 aliphatic heterocycles. The van der Waals surface area contributed by atoms with Crippen molar-refractivity contribution in [2.45, 2.75) is 31.2 Å². The van der Waals surface area contributed by atoms with Crippen molar-refractivity contribution in [1.82, 2.24) is 5.32 Å². The molecule has 0 saturated carbocycles. The first-order chi connectivity index (χ1) is 13.2. The van der Waals surface area contributed by atoms with Gasteiger partial charge in [0, 0.05) is 11.7 Å². The largest absolute Gasteiger partial charge is 0.452 e. The Hall–Kier alpha value is -2.94. The number of carbonyl (C=O) groups is 2. The van der Waals surface area contributed by atoms with Gasteiger partial charge in [-0.05, 0) is 55.8 Å². The Balaban J connectivity index is 2.06. The van der Waals surface area contributed by atoms with E-state index in [2.05, 4.69) is 10.0 Å². The van der Waals surface area contributed by atoms with Crippen LogP contribution in [-0.2, 0) is 19.6 Å². The molecule has 0 bridgehead atoms. The van der Waals surface area contributed by atoms with Gasteiger partial charge in [-0.15, -0.1) is 0 Å². The maximum absolute atomic E-state index is 12.9. The van der Waals surface area contributed by atoms with Crippen LogP contribution in [0.4, 0.5) is 10.1 Å². The number of anilines is 1. The molecular formula is C19H21FN2O5S. The normalized spacial score (nSPS) is 12.1. The van der Waals surface area contributed by atoms with Gasteiger partial charge >= 0.3 is 5.97 Å². The summed E-state index contributed by atoms with van der Waals surface area (Å²) in [6.07, 6.45) is 0.737. The number of amides is 1. The van der Waals surface area contributed by atoms with Crippen molar-refractivity contribution in [2.75, 3.05) is 11.3 Å². The van der Waals surface area contributed by atoms with E-state index in [0.717, 1.165) is 24.6 Å². The third-order valence-corrected chi connectivity index (χ3v) is 5.21. The third-order valence-electron chi connectivity index (χ3n) is 3.83. The van der Waals surface area contributed by atoms with Crippen molar-refractivity contribution in [3.05, 3.63) is 59.9 Å². The first-order valence-electron chi connectivity index (χ1n) is 8.56. The molecular weight excluding hydrogens is 387 g/mol. The lowest BCUT2D eigenvalue weighted by Gasteiger charge is -2.12. The van der Waals surface area contributed by atoms with Gasteiger partial charge in [0.1, 0.15) is 5.82 Å². The molecule has 0 heterocycles. The number of ether oxygens (including phenoxy) is 1. The predicted molar refractivity (Wildman–Crippen MR) is 102 cm³/mol. The molecule has 0 unspecified atom stereocenters. The first kappa shape index (κ1) is 21.4. The van der Waals surface area contributed by atoms with Crippen LogP contribution < -0.4 is 10.0 Å². The summed E-state index contributed by atoms with van der Waals surface area (Å²) in [5.41, 5.74) is 0.161. The van der Waals surface area contributed by atoms with E-state index in [9.17, 15) is 22.4 Å². The lowest BCUT2D eigenvalue weighted by atomic mass is 10.2. The van der Waals surface area contributed by atoms with Crippen molar-refractivity contribution >= 4 is 27.6 Å². The minimum atomic E-state index is -3.99. The highest BCUT2D eigenvalue weighted by molar-refractivity contribution is 7.92. The zero-order valence-electron chi connectivity index (χ0n) is 15.4.